The summed E-state index contributed by atoms with van der Waals surface area (Å²) in [6.45, 7) is 6.08. The van der Waals surface area contributed by atoms with Crippen LogP contribution in [0.2, 0.25) is 0 Å². The van der Waals surface area contributed by atoms with E-state index in [1.54, 1.807) is 12.2 Å². The Morgan fingerprint density at radius 2 is 1.87 bits per heavy atom. The Morgan fingerprint density at radius 3 is 2.52 bits per heavy atom. The Balaban J connectivity index is 1.67. The number of amides is 1. The molecule has 0 saturated carbocycles. The fourth-order valence-electron chi connectivity index (χ4n) is 2.87. The zero-order chi connectivity index (χ0) is 22.6. The highest BCUT2D eigenvalue weighted by molar-refractivity contribution is 8.26. The molecule has 2 aromatic carbocycles. The first-order chi connectivity index (χ1) is 14.6. The van der Waals surface area contributed by atoms with E-state index in [9.17, 15) is 9.59 Å². The summed E-state index contributed by atoms with van der Waals surface area (Å²) in [6, 6.07) is 15.7. The van der Waals surface area contributed by atoms with Crippen LogP contribution in [-0.2, 0) is 15.0 Å². The summed E-state index contributed by atoms with van der Waals surface area (Å²) < 4.78 is 6.21. The monoisotopic (exact) mass is 453 g/mol. The number of benzene rings is 2. The maximum absolute atomic E-state index is 12.3. The second-order valence-corrected chi connectivity index (χ2v) is 9.67. The van der Waals surface area contributed by atoms with E-state index in [-0.39, 0.29) is 9.74 Å². The molecule has 31 heavy (non-hydrogen) atoms. The van der Waals surface area contributed by atoms with Gasteiger partial charge in [0.15, 0.2) is 0 Å². The summed E-state index contributed by atoms with van der Waals surface area (Å²) in [6.07, 6.45) is 5.23. The van der Waals surface area contributed by atoms with E-state index in [0.29, 0.717) is 10.7 Å². The van der Waals surface area contributed by atoms with Crippen molar-refractivity contribution < 1.29 is 19.4 Å². The summed E-state index contributed by atoms with van der Waals surface area (Å²) >= 11 is 6.18. The molecule has 0 bridgehead atoms. The number of carbonyl (C=O) groups is 2. The summed E-state index contributed by atoms with van der Waals surface area (Å²) in [7, 11) is 0. The van der Waals surface area contributed by atoms with Crippen LogP contribution in [0, 0.1) is 0 Å². The number of carboxylic acid groups (broad SMARTS) is 1. The maximum Gasteiger partial charge on any atom is 0.323 e. The average molecular weight is 454 g/mol. The number of hydrogen-bond acceptors (Lipinski definition) is 5. The normalized spacial score (nSPS) is 15.8. The van der Waals surface area contributed by atoms with Gasteiger partial charge in [-0.3, -0.25) is 14.5 Å². The van der Waals surface area contributed by atoms with E-state index in [1.165, 1.54) is 5.56 Å². The zero-order valence-electron chi connectivity index (χ0n) is 17.5. The van der Waals surface area contributed by atoms with Gasteiger partial charge in [0.05, 0.1) is 4.91 Å². The van der Waals surface area contributed by atoms with E-state index in [0.717, 1.165) is 28.0 Å². The first kappa shape index (κ1) is 22.8. The number of nitrogens with zero attached hydrogens (tertiary/aromatic N) is 1. The zero-order valence-corrected chi connectivity index (χ0v) is 19.1. The molecule has 0 unspecified atom stereocenters. The van der Waals surface area contributed by atoms with Gasteiger partial charge in [-0.2, -0.15) is 0 Å². The molecule has 0 spiro atoms. The number of allylic oxidation sites excluding steroid dienone is 2. The molecular weight excluding hydrogens is 430 g/mol. The lowest BCUT2D eigenvalue weighted by Crippen LogP contribution is -2.33. The molecule has 7 heteroatoms. The van der Waals surface area contributed by atoms with Gasteiger partial charge in [0, 0.05) is 0 Å². The number of carboxylic acids is 1. The van der Waals surface area contributed by atoms with Crippen LogP contribution in [0.25, 0.3) is 6.08 Å². The van der Waals surface area contributed by atoms with Crippen molar-refractivity contribution in [2.75, 3.05) is 6.54 Å². The molecule has 1 aliphatic rings. The highest BCUT2D eigenvalue weighted by Gasteiger charge is 2.32. The minimum atomic E-state index is -1.10. The molecule has 1 fully saturated rings. The lowest BCUT2D eigenvalue weighted by atomic mass is 9.87. The molecule has 0 atom stereocenters. The Bertz CT molecular complexity index is 1070. The van der Waals surface area contributed by atoms with Gasteiger partial charge in [0.25, 0.3) is 5.91 Å². The lowest BCUT2D eigenvalue weighted by molar-refractivity contribution is -0.140. The molecule has 5 nitrogen and oxygen atoms in total. The third-order valence-electron chi connectivity index (χ3n) is 4.52. The maximum atomic E-state index is 12.3. The number of carbonyl (C=O) groups excluding carboxylic acids is 1. The summed E-state index contributed by atoms with van der Waals surface area (Å²) in [5, 5.41) is 8.89. The third kappa shape index (κ3) is 6.06. The highest BCUT2D eigenvalue weighted by atomic mass is 32.2. The Kier molecular flexibility index (Phi) is 6.97. The van der Waals surface area contributed by atoms with Crippen molar-refractivity contribution in [1.82, 2.24) is 4.90 Å². The number of rotatable bonds is 6. The lowest BCUT2D eigenvalue weighted by Gasteiger charge is -2.19. The van der Waals surface area contributed by atoms with Crippen molar-refractivity contribution in [3.8, 4) is 11.5 Å². The minimum Gasteiger partial charge on any atom is -0.480 e. The smallest absolute Gasteiger partial charge is 0.323 e. The molecule has 3 rings (SSSR count). The molecule has 0 aromatic heterocycles. The number of thiocarbonyl (C=S) groups is 1. The standard InChI is InChI=1S/C24H23NO4S2/c1-24(2,3)17-10-12-18(13-11-17)29-19-8-4-6-16(14-19)7-5-9-20-22(28)25(15-21(26)27)23(30)31-20/h4-14H,15H2,1-3H3,(H,26,27). The van der Waals surface area contributed by atoms with Crippen molar-refractivity contribution in [3.05, 3.63) is 76.7 Å². The van der Waals surface area contributed by atoms with E-state index in [4.69, 9.17) is 22.1 Å². The molecule has 1 heterocycles. The van der Waals surface area contributed by atoms with E-state index < -0.39 is 18.4 Å². The van der Waals surface area contributed by atoms with Crippen LogP contribution in [0.4, 0.5) is 0 Å². The van der Waals surface area contributed by atoms with Crippen LogP contribution in [-0.4, -0.2) is 32.7 Å². The van der Waals surface area contributed by atoms with Gasteiger partial charge in [-0.15, -0.1) is 0 Å². The third-order valence-corrected chi connectivity index (χ3v) is 5.91. The number of thioether (sulfide) groups is 1. The second kappa shape index (κ2) is 9.49. The molecule has 0 radical (unpaired) electrons. The Morgan fingerprint density at radius 1 is 1.16 bits per heavy atom. The molecule has 1 aliphatic heterocycles. The first-order valence-corrected chi connectivity index (χ1v) is 10.9. The van der Waals surface area contributed by atoms with Gasteiger partial charge in [-0.1, -0.05) is 81.2 Å². The van der Waals surface area contributed by atoms with E-state index in [1.807, 2.05) is 42.5 Å². The largest absolute Gasteiger partial charge is 0.480 e. The summed E-state index contributed by atoms with van der Waals surface area (Å²) in [5.74, 6) is -0.0227. The fraction of sp³-hybridized carbons (Fsp3) is 0.208. The molecule has 2 aromatic rings. The van der Waals surface area contributed by atoms with Crippen molar-refractivity contribution >= 4 is 46.3 Å². The number of aliphatic carboxylic acids is 1. The molecule has 1 N–H and O–H groups in total. The van der Waals surface area contributed by atoms with Gasteiger partial charge in [-0.25, -0.2) is 0 Å². The van der Waals surface area contributed by atoms with E-state index >= 15 is 0 Å². The van der Waals surface area contributed by atoms with Gasteiger partial charge < -0.3 is 9.84 Å². The predicted molar refractivity (Wildman–Crippen MR) is 128 cm³/mol. The van der Waals surface area contributed by atoms with Crippen LogP contribution < -0.4 is 4.74 Å². The van der Waals surface area contributed by atoms with Crippen molar-refractivity contribution in [1.29, 1.82) is 0 Å². The van der Waals surface area contributed by atoms with Gasteiger partial charge in [0.1, 0.15) is 22.4 Å². The van der Waals surface area contributed by atoms with Crippen molar-refractivity contribution in [2.45, 2.75) is 26.2 Å². The van der Waals surface area contributed by atoms with Crippen molar-refractivity contribution in [2.24, 2.45) is 0 Å². The predicted octanol–water partition coefficient (Wildman–Crippen LogP) is 5.62. The van der Waals surface area contributed by atoms with Gasteiger partial charge >= 0.3 is 5.97 Å². The van der Waals surface area contributed by atoms with E-state index in [2.05, 4.69) is 32.9 Å². The molecule has 0 aliphatic carbocycles. The fourth-order valence-corrected chi connectivity index (χ4v) is 4.08. The van der Waals surface area contributed by atoms with Crippen molar-refractivity contribution in [3.63, 3.8) is 0 Å². The second-order valence-electron chi connectivity index (χ2n) is 7.99. The van der Waals surface area contributed by atoms with Gasteiger partial charge in [-0.05, 0) is 46.9 Å². The number of ether oxygens (including phenoxy) is 1. The van der Waals surface area contributed by atoms with Crippen LogP contribution >= 0.6 is 24.0 Å². The SMILES string of the molecule is CC(C)(C)c1ccc(Oc2cccc(C=CC=C3SC(=S)N(CC(=O)O)C3=O)c2)cc1. The number of hydrogen-bond donors (Lipinski definition) is 1. The average Bonchev–Trinajstić information content (AvgIpc) is 2.95. The Hall–Kier alpha value is -2.90. The highest BCUT2D eigenvalue weighted by Crippen LogP contribution is 2.31. The molecule has 160 valence electrons. The quantitative estimate of drug-likeness (QED) is 0.452. The van der Waals surface area contributed by atoms with Crippen LogP contribution in [0.1, 0.15) is 31.9 Å². The minimum absolute atomic E-state index is 0.0884. The molecule has 1 saturated heterocycles. The molecule has 1 amide bonds. The first-order valence-electron chi connectivity index (χ1n) is 9.66. The Labute approximate surface area is 191 Å². The van der Waals surface area contributed by atoms with Crippen LogP contribution in [0.3, 0.4) is 0 Å². The van der Waals surface area contributed by atoms with Crippen LogP contribution in [0.5, 0.6) is 11.5 Å². The van der Waals surface area contributed by atoms with Gasteiger partial charge in [0.2, 0.25) is 0 Å². The van der Waals surface area contributed by atoms with Crippen LogP contribution in [0.15, 0.2) is 65.6 Å². The summed E-state index contributed by atoms with van der Waals surface area (Å²) in [4.78, 5) is 24.6. The topological polar surface area (TPSA) is 66.8 Å². The summed E-state index contributed by atoms with van der Waals surface area (Å²) in [5.41, 5.74) is 2.23. The molecular formula is C24H23NO4S2.